The number of ketones is 1. The summed E-state index contributed by atoms with van der Waals surface area (Å²) in [6.45, 7) is 9.42. The molecule has 2 aromatic rings. The fourth-order valence-corrected chi connectivity index (χ4v) is 5.74. The zero-order chi connectivity index (χ0) is 27.1. The first kappa shape index (κ1) is 27.0. The van der Waals surface area contributed by atoms with E-state index < -0.39 is 41.1 Å². The number of Topliss-reactive ketones (excluding diaryl/α,β-unsaturated/α-hetero) is 1. The monoisotopic (exact) mass is 510 g/mol. The largest absolute Gasteiger partial charge is 0.342 e. The van der Waals surface area contributed by atoms with E-state index in [0.29, 0.717) is 19.3 Å². The summed E-state index contributed by atoms with van der Waals surface area (Å²) in [5.41, 5.74) is 1.75. The van der Waals surface area contributed by atoms with Crippen molar-refractivity contribution in [1.82, 2.24) is 10.2 Å². The van der Waals surface area contributed by atoms with Gasteiger partial charge in [0.1, 0.15) is 29.8 Å². The van der Waals surface area contributed by atoms with Crippen LogP contribution < -0.4 is 5.32 Å². The van der Waals surface area contributed by atoms with Crippen molar-refractivity contribution >= 4 is 17.6 Å². The van der Waals surface area contributed by atoms with Gasteiger partial charge in [0.15, 0.2) is 5.78 Å². The Morgan fingerprint density at radius 3 is 2.24 bits per heavy atom. The summed E-state index contributed by atoms with van der Waals surface area (Å²) in [4.78, 5) is 43.0. The topological polar surface area (TPSA) is 66.5 Å². The lowest BCUT2D eigenvalue weighted by Gasteiger charge is -2.46. The number of carbonyl (C=O) groups is 3. The predicted molar refractivity (Wildman–Crippen MR) is 138 cm³/mol. The number of benzene rings is 2. The normalized spacial score (nSPS) is 22.0. The van der Waals surface area contributed by atoms with E-state index >= 15 is 4.39 Å². The van der Waals surface area contributed by atoms with Crippen molar-refractivity contribution in [2.24, 2.45) is 17.3 Å². The molecule has 0 unspecified atom stereocenters. The second kappa shape index (κ2) is 10.3. The fourth-order valence-electron chi connectivity index (χ4n) is 5.74. The molecule has 2 aromatic carbocycles. The number of carbonyl (C=O) groups excluding carboxylic acids is 3. The predicted octanol–water partition coefficient (Wildman–Crippen LogP) is 5.17. The number of hydrogen-bond donors (Lipinski definition) is 1. The average molecular weight is 511 g/mol. The molecule has 0 saturated carbocycles. The molecule has 1 saturated heterocycles. The zero-order valence-corrected chi connectivity index (χ0v) is 22.2. The number of piperazine rings is 1. The van der Waals surface area contributed by atoms with E-state index in [1.165, 1.54) is 11.0 Å². The standard InChI is InChI=1S/C30H36F2N2O3/c1-6-17(2)26-28(36)33-25(20-13-18-9-7-8-10-19(18)14-20)29(37)34(26)27(24(35)16-30(3,4)5)22-12-11-21(31)15-23(22)32/h7-12,15,17,20,25-27H,6,13-14,16H2,1-5H3,(H,33,36)/t17-,25+,26+,27+/m0/s1. The molecule has 198 valence electrons. The summed E-state index contributed by atoms with van der Waals surface area (Å²) < 4.78 is 29.1. The molecule has 2 amide bonds. The van der Waals surface area contributed by atoms with Crippen molar-refractivity contribution in [1.29, 1.82) is 0 Å². The average Bonchev–Trinajstić information content (AvgIpc) is 3.25. The van der Waals surface area contributed by atoms with Crippen molar-refractivity contribution in [2.45, 2.75) is 78.4 Å². The molecule has 0 spiro atoms. The fraction of sp³-hybridized carbons (Fsp3) is 0.500. The first-order valence-corrected chi connectivity index (χ1v) is 13.1. The van der Waals surface area contributed by atoms with Gasteiger partial charge in [0, 0.05) is 18.1 Å². The molecule has 1 fully saturated rings. The quantitative estimate of drug-likeness (QED) is 0.559. The van der Waals surface area contributed by atoms with Crippen LogP contribution in [0.3, 0.4) is 0 Å². The first-order chi connectivity index (χ1) is 17.4. The molecule has 1 aliphatic carbocycles. The molecule has 5 nitrogen and oxygen atoms in total. The third-order valence-electron chi connectivity index (χ3n) is 7.67. The summed E-state index contributed by atoms with van der Waals surface area (Å²) in [7, 11) is 0. The van der Waals surface area contributed by atoms with Crippen LogP contribution >= 0.6 is 0 Å². The van der Waals surface area contributed by atoms with Gasteiger partial charge in [-0.05, 0) is 47.3 Å². The Balaban J connectivity index is 1.81. The second-order valence-corrected chi connectivity index (χ2v) is 11.8. The molecular formula is C30H36F2N2O3. The van der Waals surface area contributed by atoms with Gasteiger partial charge in [-0.2, -0.15) is 0 Å². The van der Waals surface area contributed by atoms with E-state index in [1.807, 2.05) is 58.9 Å². The Morgan fingerprint density at radius 2 is 1.70 bits per heavy atom. The van der Waals surface area contributed by atoms with Crippen LogP contribution in [0, 0.1) is 28.9 Å². The van der Waals surface area contributed by atoms with Gasteiger partial charge in [0.25, 0.3) is 0 Å². The van der Waals surface area contributed by atoms with Gasteiger partial charge in [0.05, 0.1) is 0 Å². The van der Waals surface area contributed by atoms with E-state index in [9.17, 15) is 18.8 Å². The molecule has 0 aromatic heterocycles. The van der Waals surface area contributed by atoms with Gasteiger partial charge in [-0.3, -0.25) is 14.4 Å². The summed E-state index contributed by atoms with van der Waals surface area (Å²) in [6.07, 6.45) is 1.89. The molecule has 0 radical (unpaired) electrons. The maximum atomic E-state index is 15.2. The Hall–Kier alpha value is -3.09. The second-order valence-electron chi connectivity index (χ2n) is 11.8. The summed E-state index contributed by atoms with van der Waals surface area (Å²) in [5.74, 6) is -3.23. The van der Waals surface area contributed by atoms with Gasteiger partial charge in [-0.15, -0.1) is 0 Å². The maximum absolute atomic E-state index is 15.2. The highest BCUT2D eigenvalue weighted by Crippen LogP contribution is 2.38. The Labute approximate surface area is 217 Å². The lowest BCUT2D eigenvalue weighted by Crippen LogP contribution is -2.68. The van der Waals surface area contributed by atoms with E-state index in [4.69, 9.17) is 0 Å². The number of halogens is 2. The van der Waals surface area contributed by atoms with Crippen molar-refractivity contribution in [2.75, 3.05) is 0 Å². The van der Waals surface area contributed by atoms with Crippen LogP contribution in [0.25, 0.3) is 0 Å². The summed E-state index contributed by atoms with van der Waals surface area (Å²) in [6, 6.07) is 7.87. The number of nitrogens with zero attached hydrogens (tertiary/aromatic N) is 1. The number of nitrogens with one attached hydrogen (secondary N) is 1. The lowest BCUT2D eigenvalue weighted by molar-refractivity contribution is -0.159. The molecule has 0 bridgehead atoms. The molecule has 2 aliphatic rings. The first-order valence-electron chi connectivity index (χ1n) is 13.1. The number of hydrogen-bond acceptors (Lipinski definition) is 3. The Bertz CT molecular complexity index is 1180. The minimum absolute atomic E-state index is 0.0621. The van der Waals surface area contributed by atoms with E-state index in [0.717, 1.165) is 23.3 Å². The molecule has 1 N–H and O–H groups in total. The van der Waals surface area contributed by atoms with Crippen LogP contribution in [0.4, 0.5) is 8.78 Å². The van der Waals surface area contributed by atoms with Crippen LogP contribution in [0.5, 0.6) is 0 Å². The van der Waals surface area contributed by atoms with Gasteiger partial charge in [0.2, 0.25) is 11.8 Å². The molecular weight excluding hydrogens is 474 g/mol. The van der Waals surface area contributed by atoms with Crippen molar-refractivity contribution in [3.63, 3.8) is 0 Å². The third kappa shape index (κ3) is 5.46. The third-order valence-corrected chi connectivity index (χ3v) is 7.67. The SMILES string of the molecule is CC[C@H](C)[C@@H]1C(=O)N[C@H](C2Cc3ccccc3C2)C(=O)N1[C@@H](C(=O)CC(C)(C)C)c1ccc(F)cc1F. The zero-order valence-electron chi connectivity index (χ0n) is 22.2. The lowest BCUT2D eigenvalue weighted by atomic mass is 9.82. The van der Waals surface area contributed by atoms with E-state index in [-0.39, 0.29) is 35.5 Å². The Morgan fingerprint density at radius 1 is 1.08 bits per heavy atom. The number of amides is 2. The molecule has 1 heterocycles. The minimum atomic E-state index is -1.33. The summed E-state index contributed by atoms with van der Waals surface area (Å²) >= 11 is 0. The number of fused-ring (bicyclic) bond motifs is 1. The van der Waals surface area contributed by atoms with Crippen molar-refractivity contribution in [3.8, 4) is 0 Å². The van der Waals surface area contributed by atoms with Crippen molar-refractivity contribution in [3.05, 3.63) is 70.8 Å². The molecule has 1 aliphatic heterocycles. The smallest absolute Gasteiger partial charge is 0.247 e. The summed E-state index contributed by atoms with van der Waals surface area (Å²) in [5, 5.41) is 2.96. The van der Waals surface area contributed by atoms with Crippen LogP contribution in [0.2, 0.25) is 0 Å². The van der Waals surface area contributed by atoms with E-state index in [2.05, 4.69) is 5.32 Å². The highest BCUT2D eigenvalue weighted by atomic mass is 19.1. The van der Waals surface area contributed by atoms with Gasteiger partial charge in [-0.1, -0.05) is 71.4 Å². The molecule has 7 heteroatoms. The Kier molecular flexibility index (Phi) is 7.54. The van der Waals surface area contributed by atoms with Crippen molar-refractivity contribution < 1.29 is 23.2 Å². The van der Waals surface area contributed by atoms with Crippen LogP contribution in [-0.2, 0) is 27.2 Å². The van der Waals surface area contributed by atoms with Crippen LogP contribution in [0.1, 0.15) is 70.2 Å². The molecule has 37 heavy (non-hydrogen) atoms. The highest BCUT2D eigenvalue weighted by molar-refractivity contribution is 6.01. The van der Waals surface area contributed by atoms with Gasteiger partial charge >= 0.3 is 0 Å². The van der Waals surface area contributed by atoms with Gasteiger partial charge < -0.3 is 10.2 Å². The maximum Gasteiger partial charge on any atom is 0.247 e. The van der Waals surface area contributed by atoms with Crippen LogP contribution in [0.15, 0.2) is 42.5 Å². The highest BCUT2D eigenvalue weighted by Gasteiger charge is 2.51. The molecule has 4 rings (SSSR count). The van der Waals surface area contributed by atoms with Gasteiger partial charge in [-0.25, -0.2) is 8.78 Å². The molecule has 4 atom stereocenters. The minimum Gasteiger partial charge on any atom is -0.342 e. The number of rotatable bonds is 7. The van der Waals surface area contributed by atoms with Crippen LogP contribution in [-0.4, -0.2) is 34.6 Å². The van der Waals surface area contributed by atoms with E-state index in [1.54, 1.807) is 0 Å².